The minimum Gasteiger partial charge on any atom is -0.481 e. The van der Waals surface area contributed by atoms with Crippen LogP contribution in [0.1, 0.15) is 5.56 Å². The van der Waals surface area contributed by atoms with E-state index in [0.29, 0.717) is 5.16 Å². The fraction of sp³-hybridized carbons (Fsp3) is 0.200. The molecular formula is C10H9BrN4O2S. The normalized spacial score (nSPS) is 10.6. The van der Waals surface area contributed by atoms with Gasteiger partial charge in [0.1, 0.15) is 0 Å². The Balaban J connectivity index is 2.33. The summed E-state index contributed by atoms with van der Waals surface area (Å²) in [4.78, 5) is 10.5. The van der Waals surface area contributed by atoms with Gasteiger partial charge in [-0.2, -0.15) is 4.68 Å². The van der Waals surface area contributed by atoms with Crippen LogP contribution >= 0.6 is 27.7 Å². The van der Waals surface area contributed by atoms with Crippen molar-refractivity contribution in [3.63, 3.8) is 0 Å². The average Bonchev–Trinajstić information content (AvgIpc) is 2.74. The quantitative estimate of drug-likeness (QED) is 0.863. The number of carboxylic acid groups (broad SMARTS) is 1. The molecular weight excluding hydrogens is 320 g/mol. The van der Waals surface area contributed by atoms with Gasteiger partial charge >= 0.3 is 5.97 Å². The van der Waals surface area contributed by atoms with E-state index in [-0.39, 0.29) is 5.75 Å². The zero-order chi connectivity index (χ0) is 13.1. The second-order valence-electron chi connectivity index (χ2n) is 3.51. The first-order chi connectivity index (χ1) is 8.58. The predicted octanol–water partition coefficient (Wildman–Crippen LogP) is 1.91. The molecule has 1 heterocycles. The van der Waals surface area contributed by atoms with Gasteiger partial charge < -0.3 is 5.11 Å². The van der Waals surface area contributed by atoms with Crippen LogP contribution in [0.4, 0.5) is 0 Å². The van der Waals surface area contributed by atoms with Crippen molar-refractivity contribution in [2.75, 3.05) is 5.75 Å². The molecule has 2 aromatic rings. The van der Waals surface area contributed by atoms with Gasteiger partial charge in [-0.25, -0.2) is 0 Å². The number of hydrogen-bond acceptors (Lipinski definition) is 5. The van der Waals surface area contributed by atoms with Crippen LogP contribution in [0.25, 0.3) is 5.69 Å². The Morgan fingerprint density at radius 1 is 1.56 bits per heavy atom. The van der Waals surface area contributed by atoms with Gasteiger partial charge in [-0.15, -0.1) is 5.10 Å². The van der Waals surface area contributed by atoms with Crippen LogP contribution in [0, 0.1) is 6.92 Å². The average molecular weight is 329 g/mol. The molecule has 0 radical (unpaired) electrons. The Bertz CT molecular complexity index is 587. The number of carboxylic acids is 1. The molecule has 0 saturated carbocycles. The molecule has 6 nitrogen and oxygen atoms in total. The first-order valence-electron chi connectivity index (χ1n) is 4.97. The Morgan fingerprint density at radius 2 is 2.33 bits per heavy atom. The van der Waals surface area contributed by atoms with E-state index in [1.165, 1.54) is 4.68 Å². The van der Waals surface area contributed by atoms with Gasteiger partial charge in [0.25, 0.3) is 0 Å². The number of nitrogens with zero attached hydrogens (tertiary/aromatic N) is 4. The lowest BCUT2D eigenvalue weighted by Crippen LogP contribution is -2.03. The lowest BCUT2D eigenvalue weighted by Gasteiger charge is -2.06. The second kappa shape index (κ2) is 5.49. The third-order valence-electron chi connectivity index (χ3n) is 2.10. The molecule has 1 N–H and O–H groups in total. The molecule has 0 saturated heterocycles. The van der Waals surface area contributed by atoms with Gasteiger partial charge in [0, 0.05) is 4.47 Å². The van der Waals surface area contributed by atoms with Crippen LogP contribution in [-0.2, 0) is 4.79 Å². The van der Waals surface area contributed by atoms with Gasteiger partial charge in [0.05, 0.1) is 11.4 Å². The van der Waals surface area contributed by atoms with Crippen molar-refractivity contribution in [1.82, 2.24) is 20.2 Å². The molecule has 18 heavy (non-hydrogen) atoms. The zero-order valence-electron chi connectivity index (χ0n) is 9.37. The Morgan fingerprint density at radius 3 is 3.00 bits per heavy atom. The number of tetrazole rings is 1. The van der Waals surface area contributed by atoms with Crippen molar-refractivity contribution in [1.29, 1.82) is 0 Å². The van der Waals surface area contributed by atoms with Crippen LogP contribution in [0.15, 0.2) is 27.8 Å². The van der Waals surface area contributed by atoms with E-state index in [2.05, 4.69) is 31.5 Å². The summed E-state index contributed by atoms with van der Waals surface area (Å²) in [5.41, 5.74) is 1.89. The zero-order valence-corrected chi connectivity index (χ0v) is 11.8. The maximum Gasteiger partial charge on any atom is 0.313 e. The SMILES string of the molecule is Cc1ccc(-n2nnnc2SCC(=O)O)c(Br)c1. The smallest absolute Gasteiger partial charge is 0.313 e. The highest BCUT2D eigenvalue weighted by molar-refractivity contribution is 9.10. The summed E-state index contributed by atoms with van der Waals surface area (Å²) >= 11 is 4.52. The molecule has 0 spiro atoms. The maximum atomic E-state index is 10.5. The summed E-state index contributed by atoms with van der Waals surface area (Å²) in [5.74, 6) is -0.985. The predicted molar refractivity (Wildman–Crippen MR) is 70.0 cm³/mol. The van der Waals surface area contributed by atoms with Gasteiger partial charge in [0.2, 0.25) is 5.16 Å². The monoisotopic (exact) mass is 328 g/mol. The van der Waals surface area contributed by atoms with E-state index in [4.69, 9.17) is 5.11 Å². The van der Waals surface area contributed by atoms with Crippen molar-refractivity contribution in [3.05, 3.63) is 28.2 Å². The molecule has 0 fully saturated rings. The highest BCUT2D eigenvalue weighted by atomic mass is 79.9. The molecule has 0 aliphatic heterocycles. The first kappa shape index (κ1) is 13.0. The van der Waals surface area contributed by atoms with Crippen molar-refractivity contribution in [2.45, 2.75) is 12.1 Å². The van der Waals surface area contributed by atoms with Crippen LogP contribution in [0.5, 0.6) is 0 Å². The minimum atomic E-state index is -0.905. The third kappa shape index (κ3) is 2.88. The number of rotatable bonds is 4. The largest absolute Gasteiger partial charge is 0.481 e. The Kier molecular flexibility index (Phi) is 3.97. The number of aryl methyl sites for hydroxylation is 1. The van der Waals surface area contributed by atoms with Gasteiger partial charge in [0.15, 0.2) is 0 Å². The summed E-state index contributed by atoms with van der Waals surface area (Å²) in [5, 5.41) is 20.3. The lowest BCUT2D eigenvalue weighted by atomic mass is 10.2. The summed E-state index contributed by atoms with van der Waals surface area (Å²) in [6.45, 7) is 1.98. The van der Waals surface area contributed by atoms with E-state index in [9.17, 15) is 4.79 Å². The molecule has 0 bridgehead atoms. The van der Waals surface area contributed by atoms with Crippen molar-refractivity contribution < 1.29 is 9.90 Å². The van der Waals surface area contributed by atoms with Crippen molar-refractivity contribution >= 4 is 33.7 Å². The molecule has 8 heteroatoms. The van der Waals surface area contributed by atoms with E-state index in [0.717, 1.165) is 27.5 Å². The van der Waals surface area contributed by atoms with E-state index >= 15 is 0 Å². The molecule has 1 aromatic heterocycles. The molecule has 0 aliphatic carbocycles. The number of halogens is 1. The standard InChI is InChI=1S/C10H9BrN4O2S/c1-6-2-3-8(7(11)4-6)15-10(12-13-14-15)18-5-9(16)17/h2-4H,5H2,1H3,(H,16,17). The maximum absolute atomic E-state index is 10.5. The van der Waals surface area contributed by atoms with Crippen LogP contribution in [0.2, 0.25) is 0 Å². The Labute approximate surface area is 116 Å². The fourth-order valence-electron chi connectivity index (χ4n) is 1.33. The number of aliphatic carboxylic acids is 1. The van der Waals surface area contributed by atoms with Crippen molar-refractivity contribution in [2.24, 2.45) is 0 Å². The molecule has 1 aromatic carbocycles. The molecule has 0 amide bonds. The molecule has 2 rings (SSSR count). The Hall–Kier alpha value is -1.41. The van der Waals surface area contributed by atoms with Crippen LogP contribution in [0.3, 0.4) is 0 Å². The third-order valence-corrected chi connectivity index (χ3v) is 3.64. The fourth-order valence-corrected chi connectivity index (χ4v) is 2.60. The van der Waals surface area contributed by atoms with E-state index < -0.39 is 5.97 Å². The topological polar surface area (TPSA) is 80.9 Å². The van der Waals surface area contributed by atoms with Gasteiger partial charge in [-0.05, 0) is 51.0 Å². The molecule has 0 atom stereocenters. The van der Waals surface area contributed by atoms with Crippen LogP contribution in [-0.4, -0.2) is 37.0 Å². The first-order valence-corrected chi connectivity index (χ1v) is 6.75. The highest BCUT2D eigenvalue weighted by Gasteiger charge is 2.13. The molecule has 0 aliphatic rings. The summed E-state index contributed by atoms with van der Waals surface area (Å²) in [6, 6.07) is 5.76. The van der Waals surface area contributed by atoms with E-state index in [1.54, 1.807) is 0 Å². The van der Waals surface area contributed by atoms with Gasteiger partial charge in [-0.3, -0.25) is 4.79 Å². The summed E-state index contributed by atoms with van der Waals surface area (Å²) in [6.07, 6.45) is 0. The number of thioether (sulfide) groups is 1. The highest BCUT2D eigenvalue weighted by Crippen LogP contribution is 2.25. The van der Waals surface area contributed by atoms with E-state index in [1.807, 2.05) is 25.1 Å². The second-order valence-corrected chi connectivity index (χ2v) is 5.31. The number of carbonyl (C=O) groups is 1. The summed E-state index contributed by atoms with van der Waals surface area (Å²) < 4.78 is 2.36. The molecule has 94 valence electrons. The van der Waals surface area contributed by atoms with Crippen molar-refractivity contribution in [3.8, 4) is 5.69 Å². The number of aromatic nitrogens is 4. The van der Waals surface area contributed by atoms with Crippen LogP contribution < -0.4 is 0 Å². The summed E-state index contributed by atoms with van der Waals surface area (Å²) in [7, 11) is 0. The van der Waals surface area contributed by atoms with Gasteiger partial charge in [-0.1, -0.05) is 17.8 Å². The molecule has 0 unspecified atom stereocenters. The number of benzene rings is 1. The minimum absolute atomic E-state index is 0.0795. The lowest BCUT2D eigenvalue weighted by molar-refractivity contribution is -0.133. The number of hydrogen-bond donors (Lipinski definition) is 1.